The first-order valence-electron chi connectivity index (χ1n) is 7.76. The van der Waals surface area contributed by atoms with Crippen LogP contribution in [0.15, 0.2) is 29.2 Å². The maximum absolute atomic E-state index is 11.6. The lowest BCUT2D eigenvalue weighted by molar-refractivity contribution is 0.175. The van der Waals surface area contributed by atoms with E-state index in [0.29, 0.717) is 6.04 Å². The summed E-state index contributed by atoms with van der Waals surface area (Å²) in [5, 5.41) is 3.53. The largest absolute Gasteiger partial charge is 0.314 e. The molecule has 2 rings (SSSR count). The van der Waals surface area contributed by atoms with E-state index in [2.05, 4.69) is 24.1 Å². The van der Waals surface area contributed by atoms with Gasteiger partial charge in [0, 0.05) is 31.4 Å². The molecule has 2 heterocycles. The standard InChI is InChI=1S/C16H27N3O/c1-14(2)17-13-15-6-9-18(10-7-15)11-12-19-8-4-3-5-16(19)20/h3-5,8,14-15,17H,6-7,9-13H2,1-2H3. The summed E-state index contributed by atoms with van der Waals surface area (Å²) in [5.41, 5.74) is 0.100. The normalized spacial score (nSPS) is 17.8. The van der Waals surface area contributed by atoms with Gasteiger partial charge in [-0.25, -0.2) is 0 Å². The summed E-state index contributed by atoms with van der Waals surface area (Å²) >= 11 is 0. The number of pyridine rings is 1. The van der Waals surface area contributed by atoms with E-state index in [1.54, 1.807) is 16.7 Å². The van der Waals surface area contributed by atoms with Gasteiger partial charge in [-0.3, -0.25) is 4.79 Å². The number of hydrogen-bond acceptors (Lipinski definition) is 3. The van der Waals surface area contributed by atoms with Gasteiger partial charge >= 0.3 is 0 Å². The Hall–Kier alpha value is -1.13. The molecule has 1 aliphatic heterocycles. The zero-order valence-corrected chi connectivity index (χ0v) is 12.7. The van der Waals surface area contributed by atoms with Gasteiger partial charge in [0.05, 0.1) is 0 Å². The van der Waals surface area contributed by atoms with Crippen LogP contribution in [0.3, 0.4) is 0 Å². The number of nitrogens with one attached hydrogen (secondary N) is 1. The van der Waals surface area contributed by atoms with Crippen molar-refractivity contribution in [3.05, 3.63) is 34.7 Å². The van der Waals surface area contributed by atoms with Crippen LogP contribution in [0.4, 0.5) is 0 Å². The van der Waals surface area contributed by atoms with Crippen LogP contribution in [0.5, 0.6) is 0 Å². The Morgan fingerprint density at radius 1 is 1.25 bits per heavy atom. The number of rotatable bonds is 6. The third kappa shape index (κ3) is 4.76. The smallest absolute Gasteiger partial charge is 0.250 e. The lowest BCUT2D eigenvalue weighted by atomic mass is 9.96. The van der Waals surface area contributed by atoms with Crippen molar-refractivity contribution in [1.82, 2.24) is 14.8 Å². The number of piperidine rings is 1. The van der Waals surface area contributed by atoms with Crippen molar-refractivity contribution in [3.63, 3.8) is 0 Å². The molecule has 0 unspecified atom stereocenters. The molecule has 0 bridgehead atoms. The number of likely N-dealkylation sites (tertiary alicyclic amines) is 1. The minimum atomic E-state index is 0.100. The Kier molecular flexibility index (Phi) is 5.80. The maximum Gasteiger partial charge on any atom is 0.250 e. The molecule has 1 aromatic rings. The van der Waals surface area contributed by atoms with Gasteiger partial charge in [0.1, 0.15) is 0 Å². The number of hydrogen-bond donors (Lipinski definition) is 1. The van der Waals surface area contributed by atoms with Gasteiger partial charge in [0.15, 0.2) is 0 Å². The van der Waals surface area contributed by atoms with Gasteiger partial charge in [0.25, 0.3) is 5.56 Å². The average Bonchev–Trinajstić information content (AvgIpc) is 2.45. The van der Waals surface area contributed by atoms with Gasteiger partial charge < -0.3 is 14.8 Å². The van der Waals surface area contributed by atoms with Crippen molar-refractivity contribution in [3.8, 4) is 0 Å². The maximum atomic E-state index is 11.6. The van der Waals surface area contributed by atoms with Crippen LogP contribution in [0.25, 0.3) is 0 Å². The molecule has 0 amide bonds. The summed E-state index contributed by atoms with van der Waals surface area (Å²) in [7, 11) is 0. The van der Waals surface area contributed by atoms with Gasteiger partial charge in [-0.05, 0) is 44.5 Å². The van der Waals surface area contributed by atoms with Crippen molar-refractivity contribution >= 4 is 0 Å². The highest BCUT2D eigenvalue weighted by Crippen LogP contribution is 2.16. The summed E-state index contributed by atoms with van der Waals surface area (Å²) in [6, 6.07) is 5.93. The van der Waals surface area contributed by atoms with E-state index < -0.39 is 0 Å². The second-order valence-corrected chi connectivity index (χ2v) is 6.08. The fourth-order valence-electron chi connectivity index (χ4n) is 2.71. The van der Waals surface area contributed by atoms with E-state index in [4.69, 9.17) is 0 Å². The molecule has 1 saturated heterocycles. The lowest BCUT2D eigenvalue weighted by Crippen LogP contribution is -2.40. The summed E-state index contributed by atoms with van der Waals surface area (Å²) in [4.78, 5) is 14.1. The molecule has 0 atom stereocenters. The highest BCUT2D eigenvalue weighted by Gasteiger charge is 2.18. The Balaban J connectivity index is 1.70. The third-order valence-corrected chi connectivity index (χ3v) is 4.08. The first kappa shape index (κ1) is 15.3. The molecule has 0 radical (unpaired) electrons. The summed E-state index contributed by atoms with van der Waals surface area (Å²) in [6.07, 6.45) is 4.41. The molecule has 20 heavy (non-hydrogen) atoms. The van der Waals surface area contributed by atoms with Crippen molar-refractivity contribution in [2.45, 2.75) is 39.3 Å². The molecule has 112 valence electrons. The summed E-state index contributed by atoms with van der Waals surface area (Å²) in [6.45, 7) is 9.64. The summed E-state index contributed by atoms with van der Waals surface area (Å²) in [5.74, 6) is 0.813. The molecule has 4 nitrogen and oxygen atoms in total. The van der Waals surface area contributed by atoms with Crippen molar-refractivity contribution < 1.29 is 0 Å². The molecule has 1 N–H and O–H groups in total. The molecule has 0 aliphatic carbocycles. The topological polar surface area (TPSA) is 37.3 Å². The lowest BCUT2D eigenvalue weighted by Gasteiger charge is -2.32. The summed E-state index contributed by atoms with van der Waals surface area (Å²) < 4.78 is 1.80. The Labute approximate surface area is 121 Å². The Morgan fingerprint density at radius 3 is 2.65 bits per heavy atom. The molecule has 0 saturated carbocycles. The predicted octanol–water partition coefficient (Wildman–Crippen LogP) is 1.56. The second-order valence-electron chi connectivity index (χ2n) is 6.08. The van der Waals surface area contributed by atoms with Crippen LogP contribution in [0.2, 0.25) is 0 Å². The van der Waals surface area contributed by atoms with Crippen LogP contribution >= 0.6 is 0 Å². The zero-order valence-electron chi connectivity index (χ0n) is 12.7. The van der Waals surface area contributed by atoms with Gasteiger partial charge in [0.2, 0.25) is 0 Å². The molecule has 0 spiro atoms. The van der Waals surface area contributed by atoms with Crippen molar-refractivity contribution in [2.24, 2.45) is 5.92 Å². The van der Waals surface area contributed by atoms with Crippen LogP contribution in [0.1, 0.15) is 26.7 Å². The molecular weight excluding hydrogens is 250 g/mol. The van der Waals surface area contributed by atoms with Crippen molar-refractivity contribution in [1.29, 1.82) is 0 Å². The van der Waals surface area contributed by atoms with E-state index in [-0.39, 0.29) is 5.56 Å². The van der Waals surface area contributed by atoms with Crippen LogP contribution in [0, 0.1) is 5.92 Å². The quantitative estimate of drug-likeness (QED) is 0.857. The van der Waals surface area contributed by atoms with E-state index in [9.17, 15) is 4.79 Å². The average molecular weight is 277 g/mol. The van der Waals surface area contributed by atoms with E-state index in [0.717, 1.165) is 38.6 Å². The molecule has 1 aromatic heterocycles. The van der Waals surface area contributed by atoms with Gasteiger partial charge in [-0.2, -0.15) is 0 Å². The van der Waals surface area contributed by atoms with Gasteiger partial charge in [-0.1, -0.05) is 19.9 Å². The van der Waals surface area contributed by atoms with Crippen LogP contribution < -0.4 is 10.9 Å². The Bertz CT molecular complexity index is 447. The number of aromatic nitrogens is 1. The highest BCUT2D eigenvalue weighted by molar-refractivity contribution is 4.93. The SMILES string of the molecule is CC(C)NCC1CCN(CCn2ccccc2=O)CC1. The van der Waals surface area contributed by atoms with E-state index in [1.807, 2.05) is 12.3 Å². The monoisotopic (exact) mass is 277 g/mol. The molecule has 1 aliphatic rings. The van der Waals surface area contributed by atoms with Gasteiger partial charge in [-0.15, -0.1) is 0 Å². The van der Waals surface area contributed by atoms with Crippen LogP contribution in [-0.4, -0.2) is 41.7 Å². The predicted molar refractivity (Wildman–Crippen MR) is 83.0 cm³/mol. The zero-order chi connectivity index (χ0) is 14.4. The highest BCUT2D eigenvalue weighted by atomic mass is 16.1. The molecule has 1 fully saturated rings. The minimum Gasteiger partial charge on any atom is -0.314 e. The fraction of sp³-hybridized carbons (Fsp3) is 0.688. The van der Waals surface area contributed by atoms with E-state index >= 15 is 0 Å². The second kappa shape index (κ2) is 7.60. The third-order valence-electron chi connectivity index (χ3n) is 4.08. The fourth-order valence-corrected chi connectivity index (χ4v) is 2.71. The number of nitrogens with zero attached hydrogens (tertiary/aromatic N) is 2. The minimum absolute atomic E-state index is 0.100. The molecule has 4 heteroatoms. The van der Waals surface area contributed by atoms with Crippen molar-refractivity contribution in [2.75, 3.05) is 26.2 Å². The van der Waals surface area contributed by atoms with E-state index in [1.165, 1.54) is 12.8 Å². The first-order chi connectivity index (χ1) is 9.65. The van der Waals surface area contributed by atoms with Crippen LogP contribution in [-0.2, 0) is 6.54 Å². The molecular formula is C16H27N3O. The Morgan fingerprint density at radius 2 is 2.00 bits per heavy atom. The molecule has 0 aromatic carbocycles. The first-order valence-corrected chi connectivity index (χ1v) is 7.76.